The minimum atomic E-state index is -0.363. The summed E-state index contributed by atoms with van der Waals surface area (Å²) in [6.45, 7) is 2.80. The van der Waals surface area contributed by atoms with Gasteiger partial charge < -0.3 is 14.5 Å². The Kier molecular flexibility index (Phi) is 6.70. The van der Waals surface area contributed by atoms with Crippen molar-refractivity contribution in [3.63, 3.8) is 0 Å². The standard InChI is InChI=1S/C10H20N2O3/c1-5-15-10(14)8-12(4)9(13)6-7-11(2)3/h5-8H2,1-4H3. The van der Waals surface area contributed by atoms with Gasteiger partial charge >= 0.3 is 5.97 Å². The highest BCUT2D eigenvalue weighted by molar-refractivity contribution is 5.81. The van der Waals surface area contributed by atoms with E-state index in [0.717, 1.165) is 0 Å². The van der Waals surface area contributed by atoms with Gasteiger partial charge in [0, 0.05) is 20.0 Å². The number of hydrogen-bond donors (Lipinski definition) is 0. The minimum absolute atomic E-state index is 0.0279. The van der Waals surface area contributed by atoms with Gasteiger partial charge in [0.2, 0.25) is 5.91 Å². The second-order valence-corrected chi connectivity index (χ2v) is 3.61. The molecule has 0 saturated heterocycles. The molecule has 88 valence electrons. The monoisotopic (exact) mass is 216 g/mol. The molecule has 0 bridgehead atoms. The van der Waals surface area contributed by atoms with Crippen molar-refractivity contribution in [1.82, 2.24) is 9.80 Å². The van der Waals surface area contributed by atoms with Crippen molar-refractivity contribution in [2.45, 2.75) is 13.3 Å². The molecule has 0 radical (unpaired) electrons. The molecule has 15 heavy (non-hydrogen) atoms. The number of nitrogens with zero attached hydrogens (tertiary/aromatic N) is 2. The van der Waals surface area contributed by atoms with Crippen molar-refractivity contribution in [3.8, 4) is 0 Å². The lowest BCUT2D eigenvalue weighted by Crippen LogP contribution is -2.34. The molecule has 0 aliphatic carbocycles. The average molecular weight is 216 g/mol. The fourth-order valence-corrected chi connectivity index (χ4v) is 0.999. The van der Waals surface area contributed by atoms with Gasteiger partial charge in [-0.1, -0.05) is 0 Å². The number of hydrogen-bond acceptors (Lipinski definition) is 4. The summed E-state index contributed by atoms with van der Waals surface area (Å²) in [4.78, 5) is 25.9. The third-order valence-corrected chi connectivity index (χ3v) is 1.87. The molecule has 0 spiro atoms. The molecule has 0 atom stereocenters. The van der Waals surface area contributed by atoms with E-state index in [-0.39, 0.29) is 18.4 Å². The maximum absolute atomic E-state index is 11.5. The minimum Gasteiger partial charge on any atom is -0.465 e. The zero-order valence-corrected chi connectivity index (χ0v) is 9.95. The van der Waals surface area contributed by atoms with Gasteiger partial charge in [-0.05, 0) is 21.0 Å². The fraction of sp³-hybridized carbons (Fsp3) is 0.800. The molecule has 0 aliphatic rings. The highest BCUT2D eigenvalue weighted by Crippen LogP contribution is 1.93. The van der Waals surface area contributed by atoms with E-state index < -0.39 is 0 Å². The summed E-state index contributed by atoms with van der Waals surface area (Å²) in [7, 11) is 5.41. The van der Waals surface area contributed by atoms with Crippen LogP contribution < -0.4 is 0 Å². The normalized spacial score (nSPS) is 10.2. The predicted molar refractivity (Wildman–Crippen MR) is 57.4 cm³/mol. The summed E-state index contributed by atoms with van der Waals surface area (Å²) in [5.41, 5.74) is 0. The SMILES string of the molecule is CCOC(=O)CN(C)C(=O)CCN(C)C. The molecule has 0 heterocycles. The first-order chi connectivity index (χ1) is 6.97. The maximum atomic E-state index is 11.5. The summed E-state index contributed by atoms with van der Waals surface area (Å²) in [5, 5.41) is 0. The van der Waals surface area contributed by atoms with Crippen molar-refractivity contribution in [2.75, 3.05) is 40.8 Å². The molecule has 0 unspecified atom stereocenters. The number of esters is 1. The zero-order chi connectivity index (χ0) is 11.8. The Bertz CT molecular complexity index is 217. The van der Waals surface area contributed by atoms with Crippen LogP contribution in [0.2, 0.25) is 0 Å². The quantitative estimate of drug-likeness (QED) is 0.585. The topological polar surface area (TPSA) is 49.9 Å². The molecule has 0 aromatic carbocycles. The van der Waals surface area contributed by atoms with Gasteiger partial charge in [-0.2, -0.15) is 0 Å². The molecular formula is C10H20N2O3. The Labute approximate surface area is 91.0 Å². The predicted octanol–water partition coefficient (Wildman–Crippen LogP) is -0.0404. The Morgan fingerprint density at radius 2 is 1.80 bits per heavy atom. The Hall–Kier alpha value is -1.10. The second-order valence-electron chi connectivity index (χ2n) is 3.61. The van der Waals surface area contributed by atoms with Gasteiger partial charge in [0.1, 0.15) is 6.54 Å². The number of carbonyl (C=O) groups excluding carboxylic acids is 2. The molecular weight excluding hydrogens is 196 g/mol. The van der Waals surface area contributed by atoms with Gasteiger partial charge in [0.05, 0.1) is 6.61 Å². The van der Waals surface area contributed by atoms with Crippen LogP contribution in [0.5, 0.6) is 0 Å². The van der Waals surface area contributed by atoms with E-state index in [1.54, 1.807) is 14.0 Å². The highest BCUT2D eigenvalue weighted by atomic mass is 16.5. The summed E-state index contributed by atoms with van der Waals surface area (Å²) in [5.74, 6) is -0.407. The first kappa shape index (κ1) is 13.9. The fourth-order valence-electron chi connectivity index (χ4n) is 0.999. The molecule has 5 nitrogen and oxygen atoms in total. The van der Waals surface area contributed by atoms with Crippen LogP contribution in [0.25, 0.3) is 0 Å². The van der Waals surface area contributed by atoms with E-state index in [9.17, 15) is 9.59 Å². The largest absolute Gasteiger partial charge is 0.465 e. The van der Waals surface area contributed by atoms with Crippen LogP contribution in [0.3, 0.4) is 0 Å². The lowest BCUT2D eigenvalue weighted by atomic mass is 10.3. The van der Waals surface area contributed by atoms with E-state index in [0.29, 0.717) is 19.6 Å². The van der Waals surface area contributed by atoms with Crippen molar-refractivity contribution >= 4 is 11.9 Å². The van der Waals surface area contributed by atoms with Crippen LogP contribution in [-0.2, 0) is 14.3 Å². The molecule has 0 aromatic rings. The van der Waals surface area contributed by atoms with Gasteiger partial charge in [-0.15, -0.1) is 0 Å². The zero-order valence-electron chi connectivity index (χ0n) is 9.95. The van der Waals surface area contributed by atoms with E-state index in [4.69, 9.17) is 4.74 Å². The highest BCUT2D eigenvalue weighted by Gasteiger charge is 2.13. The molecule has 0 fully saturated rings. The van der Waals surface area contributed by atoms with Crippen molar-refractivity contribution in [3.05, 3.63) is 0 Å². The Balaban J connectivity index is 3.83. The number of ether oxygens (including phenoxy) is 1. The van der Waals surface area contributed by atoms with Gasteiger partial charge in [-0.3, -0.25) is 9.59 Å². The lowest BCUT2D eigenvalue weighted by Gasteiger charge is -2.17. The molecule has 0 N–H and O–H groups in total. The lowest BCUT2D eigenvalue weighted by molar-refractivity contribution is -0.148. The van der Waals surface area contributed by atoms with Crippen LogP contribution >= 0.6 is 0 Å². The van der Waals surface area contributed by atoms with E-state index in [1.165, 1.54) is 4.90 Å². The second kappa shape index (κ2) is 7.23. The molecule has 0 rings (SSSR count). The third kappa shape index (κ3) is 6.90. The number of likely N-dealkylation sites (N-methyl/N-ethyl adjacent to an activating group) is 1. The molecule has 1 amide bonds. The van der Waals surface area contributed by atoms with Gasteiger partial charge in [-0.25, -0.2) is 0 Å². The van der Waals surface area contributed by atoms with Gasteiger partial charge in [0.15, 0.2) is 0 Å². The summed E-state index contributed by atoms with van der Waals surface area (Å²) in [6.07, 6.45) is 0.420. The third-order valence-electron chi connectivity index (χ3n) is 1.87. The smallest absolute Gasteiger partial charge is 0.325 e. The molecule has 0 saturated carbocycles. The molecule has 0 aliphatic heterocycles. The number of rotatable bonds is 6. The van der Waals surface area contributed by atoms with Crippen LogP contribution in [-0.4, -0.2) is 62.5 Å². The Morgan fingerprint density at radius 3 is 2.27 bits per heavy atom. The van der Waals surface area contributed by atoms with Crippen LogP contribution in [0.1, 0.15) is 13.3 Å². The van der Waals surface area contributed by atoms with Crippen LogP contribution in [0, 0.1) is 0 Å². The number of amides is 1. The Morgan fingerprint density at radius 1 is 1.20 bits per heavy atom. The average Bonchev–Trinajstić information content (AvgIpc) is 2.14. The van der Waals surface area contributed by atoms with E-state index in [1.807, 2.05) is 19.0 Å². The summed E-state index contributed by atoms with van der Waals surface area (Å²) < 4.78 is 4.75. The first-order valence-electron chi connectivity index (χ1n) is 5.01. The molecule has 5 heteroatoms. The van der Waals surface area contributed by atoms with Crippen molar-refractivity contribution in [2.24, 2.45) is 0 Å². The first-order valence-corrected chi connectivity index (χ1v) is 5.01. The van der Waals surface area contributed by atoms with Gasteiger partial charge in [0.25, 0.3) is 0 Å². The maximum Gasteiger partial charge on any atom is 0.325 e. The number of carbonyl (C=O) groups is 2. The van der Waals surface area contributed by atoms with Crippen molar-refractivity contribution < 1.29 is 14.3 Å². The summed E-state index contributed by atoms with van der Waals surface area (Å²) in [6, 6.07) is 0. The van der Waals surface area contributed by atoms with E-state index in [2.05, 4.69) is 0 Å². The molecule has 0 aromatic heterocycles. The van der Waals surface area contributed by atoms with E-state index >= 15 is 0 Å². The van der Waals surface area contributed by atoms with Crippen LogP contribution in [0.4, 0.5) is 0 Å². The van der Waals surface area contributed by atoms with Crippen molar-refractivity contribution in [1.29, 1.82) is 0 Å². The summed E-state index contributed by atoms with van der Waals surface area (Å²) >= 11 is 0. The van der Waals surface area contributed by atoms with Crippen LogP contribution in [0.15, 0.2) is 0 Å².